The number of anilines is 2. The van der Waals surface area contributed by atoms with E-state index in [1.54, 1.807) is 42.5 Å². The molecular weight excluding hydrogens is 391 g/mol. The Labute approximate surface area is 164 Å². The molecule has 0 aliphatic rings. The van der Waals surface area contributed by atoms with E-state index in [1.807, 2.05) is 18.4 Å². The maximum absolute atomic E-state index is 12.5. The predicted octanol–water partition coefficient (Wildman–Crippen LogP) is 5.87. The smallest absolute Gasteiger partial charge is 0.265 e. The van der Waals surface area contributed by atoms with Crippen LogP contribution in [0.1, 0.15) is 25.6 Å². The van der Waals surface area contributed by atoms with Gasteiger partial charge in [-0.3, -0.25) is 9.59 Å². The van der Waals surface area contributed by atoms with Crippen LogP contribution in [-0.4, -0.2) is 11.8 Å². The van der Waals surface area contributed by atoms with Crippen LogP contribution in [0, 0.1) is 6.92 Å². The molecule has 0 bridgehead atoms. The van der Waals surface area contributed by atoms with Crippen molar-refractivity contribution in [3.8, 4) is 0 Å². The lowest BCUT2D eigenvalue weighted by Gasteiger charge is -2.11. The van der Waals surface area contributed by atoms with Gasteiger partial charge < -0.3 is 10.6 Å². The number of rotatable bonds is 4. The highest BCUT2D eigenvalue weighted by Crippen LogP contribution is 2.26. The summed E-state index contributed by atoms with van der Waals surface area (Å²) >= 11 is 13.5. The van der Waals surface area contributed by atoms with E-state index in [2.05, 4.69) is 10.6 Å². The lowest BCUT2D eigenvalue weighted by molar-refractivity contribution is 0.101. The number of benzene rings is 2. The van der Waals surface area contributed by atoms with E-state index in [0.29, 0.717) is 31.9 Å². The Morgan fingerprint density at radius 1 is 0.923 bits per heavy atom. The maximum atomic E-state index is 12.5. The van der Waals surface area contributed by atoms with Crippen molar-refractivity contribution in [3.05, 3.63) is 80.0 Å². The molecule has 4 nitrogen and oxygen atoms in total. The number of thiophene rings is 1. The third kappa shape index (κ3) is 4.25. The van der Waals surface area contributed by atoms with Crippen LogP contribution in [0.3, 0.4) is 0 Å². The van der Waals surface area contributed by atoms with Gasteiger partial charge in [-0.2, -0.15) is 0 Å². The molecule has 0 unspecified atom stereocenters. The first kappa shape index (κ1) is 18.5. The van der Waals surface area contributed by atoms with Crippen LogP contribution in [0.4, 0.5) is 11.4 Å². The Hall–Kier alpha value is -2.34. The number of halogens is 2. The molecule has 0 atom stereocenters. The zero-order valence-electron chi connectivity index (χ0n) is 13.7. The molecule has 1 heterocycles. The van der Waals surface area contributed by atoms with Crippen molar-refractivity contribution in [2.75, 3.05) is 10.6 Å². The van der Waals surface area contributed by atoms with Crippen molar-refractivity contribution in [1.29, 1.82) is 0 Å². The van der Waals surface area contributed by atoms with E-state index in [9.17, 15) is 9.59 Å². The van der Waals surface area contributed by atoms with E-state index < -0.39 is 0 Å². The molecule has 0 spiro atoms. The van der Waals surface area contributed by atoms with E-state index in [-0.39, 0.29) is 11.8 Å². The Balaban J connectivity index is 1.81. The molecule has 2 N–H and O–H groups in total. The third-order valence-corrected chi connectivity index (χ3v) is 5.10. The minimum Gasteiger partial charge on any atom is -0.322 e. The van der Waals surface area contributed by atoms with E-state index in [4.69, 9.17) is 23.2 Å². The molecule has 1 aromatic heterocycles. The van der Waals surface area contributed by atoms with Crippen molar-refractivity contribution in [2.24, 2.45) is 0 Å². The van der Waals surface area contributed by atoms with Crippen molar-refractivity contribution in [2.45, 2.75) is 6.92 Å². The summed E-state index contributed by atoms with van der Waals surface area (Å²) in [5, 5.41) is 8.25. The fourth-order valence-electron chi connectivity index (χ4n) is 2.28. The van der Waals surface area contributed by atoms with E-state index >= 15 is 0 Å². The Morgan fingerprint density at radius 2 is 1.69 bits per heavy atom. The van der Waals surface area contributed by atoms with Crippen molar-refractivity contribution in [3.63, 3.8) is 0 Å². The first-order valence-corrected chi connectivity index (χ1v) is 9.29. The molecule has 2 amide bonds. The van der Waals surface area contributed by atoms with Crippen molar-refractivity contribution >= 4 is 57.7 Å². The summed E-state index contributed by atoms with van der Waals surface area (Å²) in [6.45, 7) is 1.88. The summed E-state index contributed by atoms with van der Waals surface area (Å²) in [4.78, 5) is 25.3. The summed E-state index contributed by atoms with van der Waals surface area (Å²) in [5.74, 6) is -0.594. The fraction of sp³-hybridized carbons (Fsp3) is 0.0526. The minimum atomic E-state index is -0.321. The summed E-state index contributed by atoms with van der Waals surface area (Å²) in [6.07, 6.45) is 0. The van der Waals surface area contributed by atoms with Crippen LogP contribution >= 0.6 is 34.5 Å². The summed E-state index contributed by atoms with van der Waals surface area (Å²) < 4.78 is 0. The highest BCUT2D eigenvalue weighted by molar-refractivity contribution is 7.12. The van der Waals surface area contributed by atoms with Crippen LogP contribution in [0.15, 0.2) is 53.9 Å². The minimum absolute atomic E-state index is 0.273. The summed E-state index contributed by atoms with van der Waals surface area (Å²) in [7, 11) is 0. The first-order chi connectivity index (χ1) is 12.4. The summed E-state index contributed by atoms with van der Waals surface area (Å²) in [5.41, 5.74) is 2.26. The van der Waals surface area contributed by atoms with E-state index in [0.717, 1.165) is 5.56 Å². The largest absolute Gasteiger partial charge is 0.322 e. The quantitative estimate of drug-likeness (QED) is 0.571. The molecule has 0 fully saturated rings. The average molecular weight is 405 g/mol. The molecule has 0 aliphatic heterocycles. The Morgan fingerprint density at radius 3 is 2.42 bits per heavy atom. The van der Waals surface area contributed by atoms with Gasteiger partial charge in [0.2, 0.25) is 0 Å². The molecule has 0 radical (unpaired) electrons. The van der Waals surface area contributed by atoms with Gasteiger partial charge in [-0.25, -0.2) is 0 Å². The lowest BCUT2D eigenvalue weighted by atomic mass is 10.1. The zero-order chi connectivity index (χ0) is 18.7. The second kappa shape index (κ2) is 7.91. The highest BCUT2D eigenvalue weighted by Gasteiger charge is 2.14. The number of nitrogens with one attached hydrogen (secondary N) is 2. The number of carbonyl (C=O) groups is 2. The highest BCUT2D eigenvalue weighted by atomic mass is 35.5. The molecule has 132 valence electrons. The average Bonchev–Trinajstić information content (AvgIpc) is 3.14. The van der Waals surface area contributed by atoms with Gasteiger partial charge in [0, 0.05) is 16.3 Å². The Bertz CT molecular complexity index is 972. The molecule has 3 rings (SSSR count). The van der Waals surface area contributed by atoms with Gasteiger partial charge in [0.15, 0.2) is 0 Å². The van der Waals surface area contributed by atoms with Crippen LogP contribution in [-0.2, 0) is 0 Å². The monoisotopic (exact) mass is 404 g/mol. The molecule has 3 aromatic rings. The van der Waals surface area contributed by atoms with Gasteiger partial charge >= 0.3 is 0 Å². The predicted molar refractivity (Wildman–Crippen MR) is 108 cm³/mol. The van der Waals surface area contributed by atoms with E-state index in [1.165, 1.54) is 11.3 Å². The van der Waals surface area contributed by atoms with Gasteiger partial charge in [-0.05, 0) is 54.3 Å². The van der Waals surface area contributed by atoms with Gasteiger partial charge in [0.25, 0.3) is 11.8 Å². The second-order valence-electron chi connectivity index (χ2n) is 5.54. The first-order valence-electron chi connectivity index (χ1n) is 7.66. The van der Waals surface area contributed by atoms with Gasteiger partial charge in [-0.15, -0.1) is 11.3 Å². The molecular formula is C19H14Cl2N2O2S. The fourth-order valence-corrected chi connectivity index (χ4v) is 3.23. The molecule has 0 aliphatic carbocycles. The standard InChI is InChI=1S/C19H14Cl2N2O2S/c1-11-4-6-13(20)10-15(11)22-18(24)12-5-7-14(21)16(9-12)23-19(25)17-3-2-8-26-17/h2-10H,1H3,(H,22,24)(H,23,25). The van der Waals surface area contributed by atoms with Crippen LogP contribution in [0.5, 0.6) is 0 Å². The molecule has 0 saturated heterocycles. The third-order valence-electron chi connectivity index (χ3n) is 3.67. The van der Waals surface area contributed by atoms with Gasteiger partial charge in [0.1, 0.15) is 0 Å². The molecule has 0 saturated carbocycles. The Kier molecular flexibility index (Phi) is 5.61. The number of hydrogen-bond acceptors (Lipinski definition) is 3. The topological polar surface area (TPSA) is 58.2 Å². The molecule has 2 aromatic carbocycles. The van der Waals surface area contributed by atoms with Crippen LogP contribution < -0.4 is 10.6 Å². The van der Waals surface area contributed by atoms with Crippen molar-refractivity contribution < 1.29 is 9.59 Å². The summed E-state index contributed by atoms with van der Waals surface area (Å²) in [6, 6.07) is 13.5. The maximum Gasteiger partial charge on any atom is 0.265 e. The normalized spacial score (nSPS) is 10.4. The molecule has 26 heavy (non-hydrogen) atoms. The van der Waals surface area contributed by atoms with Gasteiger partial charge in [0.05, 0.1) is 15.6 Å². The van der Waals surface area contributed by atoms with Crippen LogP contribution in [0.25, 0.3) is 0 Å². The number of aryl methyl sites for hydroxylation is 1. The van der Waals surface area contributed by atoms with Crippen LogP contribution in [0.2, 0.25) is 10.0 Å². The van der Waals surface area contributed by atoms with Gasteiger partial charge in [-0.1, -0.05) is 35.3 Å². The lowest BCUT2D eigenvalue weighted by Crippen LogP contribution is -2.15. The van der Waals surface area contributed by atoms with Crippen molar-refractivity contribution in [1.82, 2.24) is 0 Å². The second-order valence-corrected chi connectivity index (χ2v) is 7.33. The number of amides is 2. The number of carbonyl (C=O) groups excluding carboxylic acids is 2. The SMILES string of the molecule is Cc1ccc(Cl)cc1NC(=O)c1ccc(Cl)c(NC(=O)c2cccs2)c1. The number of hydrogen-bond donors (Lipinski definition) is 2. The zero-order valence-corrected chi connectivity index (χ0v) is 16.0. The molecule has 7 heteroatoms.